The van der Waals surface area contributed by atoms with Gasteiger partial charge in [-0.25, -0.2) is 0 Å². The first kappa shape index (κ1) is 17.0. The van der Waals surface area contributed by atoms with Crippen molar-refractivity contribution in [1.82, 2.24) is 10.1 Å². The highest BCUT2D eigenvalue weighted by molar-refractivity contribution is 6.31. The molecule has 3 rings (SSSR count). The van der Waals surface area contributed by atoms with E-state index in [9.17, 15) is 4.79 Å². The van der Waals surface area contributed by atoms with E-state index in [4.69, 9.17) is 20.9 Å². The highest BCUT2D eigenvalue weighted by Crippen LogP contribution is 2.26. The number of aromatic nitrogens is 2. The van der Waals surface area contributed by atoms with Crippen molar-refractivity contribution in [2.24, 2.45) is 0 Å². The van der Waals surface area contributed by atoms with Crippen LogP contribution < -0.4 is 10.1 Å². The number of ether oxygens (including phenoxy) is 1. The van der Waals surface area contributed by atoms with Crippen LogP contribution in [0.3, 0.4) is 0 Å². The van der Waals surface area contributed by atoms with Crippen LogP contribution in [0.2, 0.25) is 5.02 Å². The molecular formula is C18H16ClN3O3. The predicted molar refractivity (Wildman–Crippen MR) is 94.8 cm³/mol. The summed E-state index contributed by atoms with van der Waals surface area (Å²) in [5.41, 5.74) is 2.11. The molecule has 6 nitrogen and oxygen atoms in total. The number of para-hydroxylation sites is 1. The number of aryl methyl sites for hydroxylation is 2. The molecule has 7 heteroatoms. The first-order valence-electron chi connectivity index (χ1n) is 7.61. The summed E-state index contributed by atoms with van der Waals surface area (Å²) in [6.07, 6.45) is 0. The van der Waals surface area contributed by atoms with Gasteiger partial charge in [-0.05, 0) is 49.7 Å². The molecule has 0 radical (unpaired) electrons. The highest BCUT2D eigenvalue weighted by Gasteiger charge is 2.13. The number of hydrogen-bond donors (Lipinski definition) is 1. The molecule has 0 unspecified atom stereocenters. The van der Waals surface area contributed by atoms with Crippen LogP contribution in [0, 0.1) is 13.8 Å². The Balaban J connectivity index is 1.68. The standard InChI is InChI=1S/C18H16ClN3O3/c1-11-9-13(7-8-15(11)19)24-10-17(23)21-16-6-4-3-5-14(16)18-20-12(2)22-25-18/h3-9H,10H2,1-2H3,(H,21,23). The molecule has 0 saturated heterocycles. The zero-order chi connectivity index (χ0) is 17.8. The average Bonchev–Trinajstić information content (AvgIpc) is 3.03. The molecule has 1 heterocycles. The Bertz CT molecular complexity index is 908. The number of benzene rings is 2. The summed E-state index contributed by atoms with van der Waals surface area (Å²) in [5, 5.41) is 7.22. The van der Waals surface area contributed by atoms with Gasteiger partial charge in [-0.2, -0.15) is 4.98 Å². The number of carbonyl (C=O) groups excluding carboxylic acids is 1. The number of rotatable bonds is 5. The molecular weight excluding hydrogens is 342 g/mol. The van der Waals surface area contributed by atoms with Crippen molar-refractivity contribution in [3.63, 3.8) is 0 Å². The third kappa shape index (κ3) is 4.16. The smallest absolute Gasteiger partial charge is 0.262 e. The van der Waals surface area contributed by atoms with E-state index in [-0.39, 0.29) is 12.5 Å². The molecule has 0 fully saturated rings. The summed E-state index contributed by atoms with van der Waals surface area (Å²) in [6, 6.07) is 12.4. The third-order valence-corrected chi connectivity index (χ3v) is 3.88. The second-order valence-electron chi connectivity index (χ2n) is 5.44. The molecule has 0 aliphatic heterocycles. The van der Waals surface area contributed by atoms with Gasteiger partial charge < -0.3 is 14.6 Å². The van der Waals surface area contributed by atoms with Gasteiger partial charge in [0.1, 0.15) is 5.75 Å². The van der Waals surface area contributed by atoms with E-state index in [1.165, 1.54) is 0 Å². The van der Waals surface area contributed by atoms with Gasteiger partial charge in [-0.3, -0.25) is 4.79 Å². The van der Waals surface area contributed by atoms with Crippen LogP contribution >= 0.6 is 11.6 Å². The van der Waals surface area contributed by atoms with Gasteiger partial charge in [0.05, 0.1) is 11.3 Å². The van der Waals surface area contributed by atoms with Gasteiger partial charge in [0.15, 0.2) is 12.4 Å². The van der Waals surface area contributed by atoms with E-state index < -0.39 is 0 Å². The highest BCUT2D eigenvalue weighted by atomic mass is 35.5. The Hall–Kier alpha value is -2.86. The van der Waals surface area contributed by atoms with Crippen LogP contribution in [0.4, 0.5) is 5.69 Å². The second-order valence-corrected chi connectivity index (χ2v) is 5.85. The fraction of sp³-hybridized carbons (Fsp3) is 0.167. The third-order valence-electron chi connectivity index (χ3n) is 3.46. The van der Waals surface area contributed by atoms with E-state index in [1.54, 1.807) is 37.3 Å². The van der Waals surface area contributed by atoms with Crippen molar-refractivity contribution >= 4 is 23.2 Å². The lowest BCUT2D eigenvalue weighted by atomic mass is 10.1. The number of amides is 1. The Morgan fingerprint density at radius 3 is 2.76 bits per heavy atom. The minimum atomic E-state index is -0.295. The molecule has 0 aliphatic carbocycles. The molecule has 1 N–H and O–H groups in total. The zero-order valence-electron chi connectivity index (χ0n) is 13.7. The maximum absolute atomic E-state index is 12.2. The minimum absolute atomic E-state index is 0.127. The number of anilines is 1. The maximum Gasteiger partial charge on any atom is 0.262 e. The quantitative estimate of drug-likeness (QED) is 0.746. The molecule has 128 valence electrons. The summed E-state index contributed by atoms with van der Waals surface area (Å²) >= 11 is 5.97. The van der Waals surface area contributed by atoms with Gasteiger partial charge in [-0.1, -0.05) is 28.9 Å². The van der Waals surface area contributed by atoms with Crippen molar-refractivity contribution in [2.75, 3.05) is 11.9 Å². The number of hydrogen-bond acceptors (Lipinski definition) is 5. The zero-order valence-corrected chi connectivity index (χ0v) is 14.5. The molecule has 0 saturated carbocycles. The molecule has 0 atom stereocenters. The number of nitrogens with zero attached hydrogens (tertiary/aromatic N) is 2. The van der Waals surface area contributed by atoms with E-state index in [1.807, 2.05) is 19.1 Å². The Morgan fingerprint density at radius 2 is 2.04 bits per heavy atom. The lowest BCUT2D eigenvalue weighted by Crippen LogP contribution is -2.20. The number of nitrogens with one attached hydrogen (secondary N) is 1. The van der Waals surface area contributed by atoms with Gasteiger partial charge in [0.2, 0.25) is 0 Å². The van der Waals surface area contributed by atoms with Crippen molar-refractivity contribution in [1.29, 1.82) is 0 Å². The van der Waals surface area contributed by atoms with Gasteiger partial charge in [0, 0.05) is 5.02 Å². The predicted octanol–water partition coefficient (Wildman–Crippen LogP) is 4.02. The molecule has 1 aromatic heterocycles. The maximum atomic E-state index is 12.2. The SMILES string of the molecule is Cc1noc(-c2ccccc2NC(=O)COc2ccc(Cl)c(C)c2)n1. The minimum Gasteiger partial charge on any atom is -0.484 e. The molecule has 2 aromatic carbocycles. The molecule has 25 heavy (non-hydrogen) atoms. The van der Waals surface area contributed by atoms with E-state index in [0.29, 0.717) is 33.7 Å². The number of carbonyl (C=O) groups is 1. The molecule has 0 spiro atoms. The Kier molecular flexibility index (Phi) is 5.00. The first-order valence-corrected chi connectivity index (χ1v) is 7.99. The summed E-state index contributed by atoms with van der Waals surface area (Å²) in [5.74, 6) is 1.16. The van der Waals surface area contributed by atoms with Gasteiger partial charge in [-0.15, -0.1) is 0 Å². The van der Waals surface area contributed by atoms with Crippen LogP contribution in [-0.2, 0) is 4.79 Å². The van der Waals surface area contributed by atoms with Crippen LogP contribution in [0.5, 0.6) is 5.75 Å². The monoisotopic (exact) mass is 357 g/mol. The number of halogens is 1. The van der Waals surface area contributed by atoms with Crippen molar-refractivity contribution in [2.45, 2.75) is 13.8 Å². The fourth-order valence-electron chi connectivity index (χ4n) is 2.23. The normalized spacial score (nSPS) is 10.5. The van der Waals surface area contributed by atoms with Crippen LogP contribution in [-0.4, -0.2) is 22.7 Å². The Morgan fingerprint density at radius 1 is 1.24 bits per heavy atom. The lowest BCUT2D eigenvalue weighted by molar-refractivity contribution is -0.118. The topological polar surface area (TPSA) is 77.2 Å². The lowest BCUT2D eigenvalue weighted by Gasteiger charge is -2.10. The van der Waals surface area contributed by atoms with Crippen LogP contribution in [0.25, 0.3) is 11.5 Å². The summed E-state index contributed by atoms with van der Waals surface area (Å²) in [6.45, 7) is 3.48. The fourth-order valence-corrected chi connectivity index (χ4v) is 2.34. The van der Waals surface area contributed by atoms with Crippen LogP contribution in [0.1, 0.15) is 11.4 Å². The second kappa shape index (κ2) is 7.36. The largest absolute Gasteiger partial charge is 0.484 e. The van der Waals surface area contributed by atoms with Gasteiger partial charge in [0.25, 0.3) is 11.8 Å². The van der Waals surface area contributed by atoms with E-state index in [2.05, 4.69) is 15.5 Å². The van der Waals surface area contributed by atoms with Crippen molar-refractivity contribution < 1.29 is 14.1 Å². The molecule has 3 aromatic rings. The van der Waals surface area contributed by atoms with Gasteiger partial charge >= 0.3 is 0 Å². The summed E-state index contributed by atoms with van der Waals surface area (Å²) < 4.78 is 10.7. The van der Waals surface area contributed by atoms with Crippen LogP contribution in [0.15, 0.2) is 47.0 Å². The molecule has 0 aliphatic rings. The van der Waals surface area contributed by atoms with Crippen molar-refractivity contribution in [3.8, 4) is 17.2 Å². The average molecular weight is 358 g/mol. The Labute approximate surface area is 149 Å². The molecule has 1 amide bonds. The summed E-state index contributed by atoms with van der Waals surface area (Å²) in [7, 11) is 0. The van der Waals surface area contributed by atoms with E-state index >= 15 is 0 Å². The first-order chi connectivity index (χ1) is 12.0. The van der Waals surface area contributed by atoms with Crippen molar-refractivity contribution in [3.05, 3.63) is 58.9 Å². The van der Waals surface area contributed by atoms with E-state index in [0.717, 1.165) is 5.56 Å². The molecule has 0 bridgehead atoms. The summed E-state index contributed by atoms with van der Waals surface area (Å²) in [4.78, 5) is 16.4.